The summed E-state index contributed by atoms with van der Waals surface area (Å²) in [7, 11) is 0. The highest BCUT2D eigenvalue weighted by atomic mass is 16.6. The minimum absolute atomic E-state index is 0.00918. The Labute approximate surface area is 116 Å². The van der Waals surface area contributed by atoms with Crippen molar-refractivity contribution in [1.82, 2.24) is 10.6 Å². The van der Waals surface area contributed by atoms with E-state index < -0.39 is 4.92 Å². The first kappa shape index (κ1) is 14.3. The molecule has 0 saturated carbocycles. The van der Waals surface area contributed by atoms with Crippen molar-refractivity contribution in [3.05, 3.63) is 33.9 Å². The highest BCUT2D eigenvalue weighted by Crippen LogP contribution is 2.25. The standard InChI is InChI=1S/C13H18N4O3/c1-8-5-6-15-7-10(8)16-13(18)9-3-2-4-11(12(9)14)17(19)20/h2-4,8,10,15H,5-7,14H2,1H3,(H,16,18). The number of carbonyl (C=O) groups is 1. The van der Waals surface area contributed by atoms with Crippen LogP contribution in [0.4, 0.5) is 11.4 Å². The number of carbonyl (C=O) groups excluding carboxylic acids is 1. The van der Waals surface area contributed by atoms with Crippen molar-refractivity contribution < 1.29 is 9.72 Å². The van der Waals surface area contributed by atoms with Gasteiger partial charge in [-0.1, -0.05) is 13.0 Å². The zero-order valence-corrected chi connectivity index (χ0v) is 11.3. The number of nitro groups is 1. The third-order valence-electron chi connectivity index (χ3n) is 3.67. The van der Waals surface area contributed by atoms with Crippen LogP contribution in [0.25, 0.3) is 0 Å². The second-order valence-corrected chi connectivity index (χ2v) is 5.05. The predicted molar refractivity (Wildman–Crippen MR) is 75.4 cm³/mol. The molecule has 108 valence electrons. The second kappa shape index (κ2) is 5.87. The Morgan fingerprint density at radius 3 is 2.95 bits per heavy atom. The molecule has 1 aliphatic rings. The smallest absolute Gasteiger partial charge is 0.292 e. The Hall–Kier alpha value is -2.15. The molecule has 1 aliphatic heterocycles. The van der Waals surface area contributed by atoms with Gasteiger partial charge in [-0.05, 0) is 24.9 Å². The van der Waals surface area contributed by atoms with E-state index in [-0.39, 0.29) is 28.9 Å². The van der Waals surface area contributed by atoms with E-state index in [1.165, 1.54) is 18.2 Å². The van der Waals surface area contributed by atoms with E-state index in [1.807, 2.05) is 0 Å². The monoisotopic (exact) mass is 278 g/mol. The maximum atomic E-state index is 12.2. The van der Waals surface area contributed by atoms with Crippen LogP contribution in [0.15, 0.2) is 18.2 Å². The third-order valence-corrected chi connectivity index (χ3v) is 3.67. The van der Waals surface area contributed by atoms with Gasteiger partial charge in [0.2, 0.25) is 0 Å². The van der Waals surface area contributed by atoms with Gasteiger partial charge in [0.25, 0.3) is 11.6 Å². The van der Waals surface area contributed by atoms with Crippen LogP contribution in [0.5, 0.6) is 0 Å². The van der Waals surface area contributed by atoms with Gasteiger partial charge in [0.1, 0.15) is 5.69 Å². The fraction of sp³-hybridized carbons (Fsp3) is 0.462. The molecule has 2 atom stereocenters. The van der Waals surface area contributed by atoms with Gasteiger partial charge in [-0.2, -0.15) is 0 Å². The highest BCUT2D eigenvalue weighted by Gasteiger charge is 2.25. The predicted octanol–water partition coefficient (Wildman–Crippen LogP) is 0.905. The lowest BCUT2D eigenvalue weighted by atomic mass is 9.94. The Balaban J connectivity index is 2.17. The summed E-state index contributed by atoms with van der Waals surface area (Å²) in [6.07, 6.45) is 0.982. The number of piperidine rings is 1. The van der Waals surface area contributed by atoms with E-state index in [0.29, 0.717) is 12.5 Å². The average molecular weight is 278 g/mol. The second-order valence-electron chi connectivity index (χ2n) is 5.05. The molecular weight excluding hydrogens is 260 g/mol. The van der Waals surface area contributed by atoms with E-state index >= 15 is 0 Å². The number of rotatable bonds is 3. The number of nitro benzene ring substituents is 1. The van der Waals surface area contributed by atoms with Gasteiger partial charge in [0.05, 0.1) is 10.5 Å². The van der Waals surface area contributed by atoms with Crippen molar-refractivity contribution in [3.63, 3.8) is 0 Å². The fourth-order valence-electron chi connectivity index (χ4n) is 2.34. The zero-order valence-electron chi connectivity index (χ0n) is 11.3. The highest BCUT2D eigenvalue weighted by molar-refractivity contribution is 6.01. The summed E-state index contributed by atoms with van der Waals surface area (Å²) in [5.41, 5.74) is 5.52. The van der Waals surface area contributed by atoms with E-state index in [4.69, 9.17) is 5.73 Å². The molecule has 1 aromatic carbocycles. The molecule has 0 spiro atoms. The number of nitrogen functional groups attached to an aromatic ring is 1. The number of anilines is 1. The van der Waals surface area contributed by atoms with Gasteiger partial charge in [-0.3, -0.25) is 14.9 Å². The lowest BCUT2D eigenvalue weighted by Crippen LogP contribution is -2.50. The minimum Gasteiger partial charge on any atom is -0.393 e. The maximum absolute atomic E-state index is 12.2. The number of benzene rings is 1. The van der Waals surface area contributed by atoms with E-state index in [1.54, 1.807) is 0 Å². The topological polar surface area (TPSA) is 110 Å². The molecule has 7 nitrogen and oxygen atoms in total. The van der Waals surface area contributed by atoms with Crippen LogP contribution in [0.2, 0.25) is 0 Å². The number of nitrogens with two attached hydrogens (primary N) is 1. The Bertz CT molecular complexity index is 532. The minimum atomic E-state index is -0.586. The molecule has 1 amide bonds. The first-order valence-corrected chi connectivity index (χ1v) is 6.55. The first-order chi connectivity index (χ1) is 9.50. The van der Waals surface area contributed by atoms with Crippen molar-refractivity contribution in [1.29, 1.82) is 0 Å². The lowest BCUT2D eigenvalue weighted by Gasteiger charge is -2.30. The van der Waals surface area contributed by atoms with Crippen LogP contribution in [0.1, 0.15) is 23.7 Å². The summed E-state index contributed by atoms with van der Waals surface area (Å²) in [4.78, 5) is 22.4. The van der Waals surface area contributed by atoms with Gasteiger partial charge in [0.15, 0.2) is 0 Å². The molecule has 20 heavy (non-hydrogen) atoms. The maximum Gasteiger partial charge on any atom is 0.292 e. The van der Waals surface area contributed by atoms with Gasteiger partial charge in [0, 0.05) is 18.7 Å². The van der Waals surface area contributed by atoms with Crippen LogP contribution in [0.3, 0.4) is 0 Å². The van der Waals surface area contributed by atoms with Crippen LogP contribution in [0, 0.1) is 16.0 Å². The van der Waals surface area contributed by atoms with Gasteiger partial charge in [-0.25, -0.2) is 0 Å². The average Bonchev–Trinajstić information content (AvgIpc) is 2.41. The molecular formula is C13H18N4O3. The van der Waals surface area contributed by atoms with Gasteiger partial charge in [-0.15, -0.1) is 0 Å². The summed E-state index contributed by atoms with van der Waals surface area (Å²) in [5.74, 6) is -0.00753. The molecule has 2 unspecified atom stereocenters. The summed E-state index contributed by atoms with van der Waals surface area (Å²) in [6.45, 7) is 3.71. The normalized spacial score (nSPS) is 22.2. The Morgan fingerprint density at radius 2 is 2.30 bits per heavy atom. The molecule has 2 rings (SSSR count). The molecule has 1 fully saturated rings. The van der Waals surface area contributed by atoms with Crippen molar-refractivity contribution in [2.75, 3.05) is 18.8 Å². The summed E-state index contributed by atoms with van der Waals surface area (Å²) < 4.78 is 0. The molecule has 0 aliphatic carbocycles. The molecule has 1 aromatic rings. The molecule has 0 radical (unpaired) electrons. The van der Waals surface area contributed by atoms with Crippen molar-refractivity contribution in [3.8, 4) is 0 Å². The van der Waals surface area contributed by atoms with Gasteiger partial charge >= 0.3 is 0 Å². The van der Waals surface area contributed by atoms with Crippen molar-refractivity contribution >= 4 is 17.3 Å². The van der Waals surface area contributed by atoms with E-state index in [2.05, 4.69) is 17.6 Å². The number of amides is 1. The SMILES string of the molecule is CC1CCNCC1NC(=O)c1cccc([N+](=O)[O-])c1N. The third kappa shape index (κ3) is 2.88. The zero-order chi connectivity index (χ0) is 14.7. The lowest BCUT2D eigenvalue weighted by molar-refractivity contribution is -0.383. The van der Waals surface area contributed by atoms with E-state index in [0.717, 1.165) is 13.0 Å². The first-order valence-electron chi connectivity index (χ1n) is 6.55. The van der Waals surface area contributed by atoms with Gasteiger partial charge < -0.3 is 16.4 Å². The van der Waals surface area contributed by atoms with Crippen LogP contribution < -0.4 is 16.4 Å². The molecule has 1 heterocycles. The van der Waals surface area contributed by atoms with Crippen molar-refractivity contribution in [2.24, 2.45) is 5.92 Å². The quantitative estimate of drug-likeness (QED) is 0.432. The summed E-state index contributed by atoms with van der Waals surface area (Å²) >= 11 is 0. The van der Waals surface area contributed by atoms with E-state index in [9.17, 15) is 14.9 Å². The Kier molecular flexibility index (Phi) is 4.19. The molecule has 1 saturated heterocycles. The fourth-order valence-corrected chi connectivity index (χ4v) is 2.34. The summed E-state index contributed by atoms with van der Waals surface area (Å²) in [5, 5.41) is 16.9. The van der Waals surface area contributed by atoms with Crippen molar-refractivity contribution in [2.45, 2.75) is 19.4 Å². The molecule has 0 bridgehead atoms. The number of nitrogens with zero attached hydrogens (tertiary/aromatic N) is 1. The molecule has 4 N–H and O–H groups in total. The number of hydrogen-bond acceptors (Lipinski definition) is 5. The Morgan fingerprint density at radius 1 is 1.55 bits per heavy atom. The number of hydrogen-bond donors (Lipinski definition) is 3. The summed E-state index contributed by atoms with van der Waals surface area (Å²) in [6, 6.07) is 4.26. The largest absolute Gasteiger partial charge is 0.393 e. The number of nitrogens with one attached hydrogen (secondary N) is 2. The molecule has 0 aromatic heterocycles. The van der Waals surface area contributed by atoms with Crippen LogP contribution >= 0.6 is 0 Å². The molecule has 7 heteroatoms. The van der Waals surface area contributed by atoms with Crippen LogP contribution in [-0.4, -0.2) is 30.0 Å². The number of para-hydroxylation sites is 1. The van der Waals surface area contributed by atoms with Crippen LogP contribution in [-0.2, 0) is 0 Å².